The summed E-state index contributed by atoms with van der Waals surface area (Å²) in [4.78, 5) is 14.2. The summed E-state index contributed by atoms with van der Waals surface area (Å²) >= 11 is 0. The monoisotopic (exact) mass is 308 g/mol. The molecule has 3 rings (SSSR count). The van der Waals surface area contributed by atoms with Gasteiger partial charge in [-0.25, -0.2) is 8.42 Å². The number of sulfonamides is 1. The lowest BCUT2D eigenvalue weighted by Crippen LogP contribution is -2.42. The second-order valence-electron chi connectivity index (χ2n) is 5.64. The molecule has 0 spiro atoms. The summed E-state index contributed by atoms with van der Waals surface area (Å²) in [6, 6.07) is 6.45. The molecule has 0 atom stereocenters. The Morgan fingerprint density at radius 3 is 2.29 bits per heavy atom. The van der Waals surface area contributed by atoms with E-state index in [0.717, 1.165) is 38.8 Å². The lowest BCUT2D eigenvalue weighted by molar-refractivity contribution is 0.0651. The number of piperidine rings is 1. The topological polar surface area (TPSA) is 57.7 Å². The Bertz CT molecular complexity index is 632. The van der Waals surface area contributed by atoms with Crippen LogP contribution in [0.15, 0.2) is 29.2 Å². The summed E-state index contributed by atoms with van der Waals surface area (Å²) in [5, 5.41) is 0. The van der Waals surface area contributed by atoms with Crippen molar-refractivity contribution >= 4 is 15.9 Å². The SMILES string of the molecule is O=C(c1cccc(S(=O)(=O)N2CCCCC2)c1)N1CCC1. The third kappa shape index (κ3) is 2.82. The van der Waals surface area contributed by atoms with Crippen LogP contribution in [0, 0.1) is 0 Å². The molecule has 0 aromatic heterocycles. The first kappa shape index (κ1) is 14.5. The summed E-state index contributed by atoms with van der Waals surface area (Å²) in [7, 11) is -3.47. The van der Waals surface area contributed by atoms with Crippen molar-refractivity contribution in [3.05, 3.63) is 29.8 Å². The molecule has 2 saturated heterocycles. The second kappa shape index (κ2) is 5.77. The van der Waals surface area contributed by atoms with Crippen LogP contribution in [0.5, 0.6) is 0 Å². The van der Waals surface area contributed by atoms with Crippen molar-refractivity contribution in [2.45, 2.75) is 30.6 Å². The Balaban J connectivity index is 1.86. The highest BCUT2D eigenvalue weighted by Crippen LogP contribution is 2.22. The Morgan fingerprint density at radius 2 is 1.67 bits per heavy atom. The van der Waals surface area contributed by atoms with Crippen LogP contribution in [0.2, 0.25) is 0 Å². The zero-order valence-electron chi connectivity index (χ0n) is 12.0. The molecule has 0 radical (unpaired) electrons. The molecule has 0 unspecified atom stereocenters. The van der Waals surface area contributed by atoms with Gasteiger partial charge < -0.3 is 4.90 Å². The molecule has 2 aliphatic heterocycles. The second-order valence-corrected chi connectivity index (χ2v) is 7.58. The number of carbonyl (C=O) groups excluding carboxylic acids is 1. The van der Waals surface area contributed by atoms with Crippen molar-refractivity contribution in [2.24, 2.45) is 0 Å². The molecule has 0 saturated carbocycles. The predicted octanol–water partition coefficient (Wildman–Crippen LogP) is 1.71. The number of benzene rings is 1. The van der Waals surface area contributed by atoms with Crippen LogP contribution < -0.4 is 0 Å². The van der Waals surface area contributed by atoms with Crippen LogP contribution in [-0.2, 0) is 10.0 Å². The van der Waals surface area contributed by atoms with Crippen LogP contribution in [0.3, 0.4) is 0 Å². The molecule has 0 N–H and O–H groups in total. The maximum absolute atomic E-state index is 12.6. The van der Waals surface area contributed by atoms with E-state index in [1.165, 1.54) is 10.4 Å². The summed E-state index contributed by atoms with van der Waals surface area (Å²) in [6.45, 7) is 2.68. The van der Waals surface area contributed by atoms with Crippen LogP contribution in [-0.4, -0.2) is 49.7 Å². The molecular weight excluding hydrogens is 288 g/mol. The van der Waals surface area contributed by atoms with Crippen molar-refractivity contribution in [3.8, 4) is 0 Å². The summed E-state index contributed by atoms with van der Waals surface area (Å²) < 4.78 is 26.8. The number of hydrogen-bond acceptors (Lipinski definition) is 3. The third-order valence-electron chi connectivity index (χ3n) is 4.18. The van der Waals surface area contributed by atoms with Gasteiger partial charge in [0.2, 0.25) is 10.0 Å². The van der Waals surface area contributed by atoms with Crippen molar-refractivity contribution in [3.63, 3.8) is 0 Å². The van der Waals surface area contributed by atoms with E-state index in [9.17, 15) is 13.2 Å². The third-order valence-corrected chi connectivity index (χ3v) is 6.07. The standard InChI is InChI=1S/C15H20N2O3S/c18-15(16-8-5-9-16)13-6-4-7-14(12-13)21(19,20)17-10-2-1-3-11-17/h4,6-7,12H,1-3,5,8-11H2. The number of nitrogens with zero attached hydrogens (tertiary/aromatic N) is 2. The Morgan fingerprint density at radius 1 is 0.952 bits per heavy atom. The maximum Gasteiger partial charge on any atom is 0.253 e. The van der Waals surface area contributed by atoms with E-state index >= 15 is 0 Å². The van der Waals surface area contributed by atoms with E-state index in [1.807, 2.05) is 0 Å². The number of likely N-dealkylation sites (tertiary alicyclic amines) is 1. The normalized spacial score (nSPS) is 20.1. The van der Waals surface area contributed by atoms with Gasteiger partial charge in [-0.3, -0.25) is 4.79 Å². The van der Waals surface area contributed by atoms with Crippen LogP contribution >= 0.6 is 0 Å². The molecule has 1 aromatic rings. The van der Waals surface area contributed by atoms with Gasteiger partial charge in [0.15, 0.2) is 0 Å². The Hall–Kier alpha value is -1.40. The molecule has 2 heterocycles. The van der Waals surface area contributed by atoms with E-state index in [4.69, 9.17) is 0 Å². The summed E-state index contributed by atoms with van der Waals surface area (Å²) in [6.07, 6.45) is 3.92. The molecule has 114 valence electrons. The van der Waals surface area contributed by atoms with Crippen LogP contribution in [0.4, 0.5) is 0 Å². The van der Waals surface area contributed by atoms with Gasteiger partial charge in [0.25, 0.3) is 5.91 Å². The Kier molecular flexibility index (Phi) is 3.99. The van der Waals surface area contributed by atoms with Gasteiger partial charge in [-0.05, 0) is 37.5 Å². The van der Waals surface area contributed by atoms with E-state index in [1.54, 1.807) is 23.1 Å². The number of carbonyl (C=O) groups is 1. The quantitative estimate of drug-likeness (QED) is 0.854. The highest BCUT2D eigenvalue weighted by atomic mass is 32.2. The largest absolute Gasteiger partial charge is 0.339 e. The average Bonchev–Trinajstić information content (AvgIpc) is 2.46. The van der Waals surface area contributed by atoms with Gasteiger partial charge in [0.05, 0.1) is 4.90 Å². The van der Waals surface area contributed by atoms with Crippen LogP contribution in [0.1, 0.15) is 36.0 Å². The first-order chi connectivity index (χ1) is 10.1. The maximum atomic E-state index is 12.6. The predicted molar refractivity (Wildman–Crippen MR) is 79.6 cm³/mol. The average molecular weight is 308 g/mol. The van der Waals surface area contributed by atoms with E-state index < -0.39 is 10.0 Å². The lowest BCUT2D eigenvalue weighted by Gasteiger charge is -2.31. The number of amides is 1. The molecular formula is C15H20N2O3S. The van der Waals surface area contributed by atoms with Crippen LogP contribution in [0.25, 0.3) is 0 Å². The zero-order valence-corrected chi connectivity index (χ0v) is 12.8. The fraction of sp³-hybridized carbons (Fsp3) is 0.533. The van der Waals surface area contributed by atoms with Crippen molar-refractivity contribution < 1.29 is 13.2 Å². The van der Waals surface area contributed by atoms with Gasteiger partial charge in [0, 0.05) is 31.7 Å². The van der Waals surface area contributed by atoms with Gasteiger partial charge in [-0.15, -0.1) is 0 Å². The van der Waals surface area contributed by atoms with Crippen molar-refractivity contribution in [2.75, 3.05) is 26.2 Å². The van der Waals surface area contributed by atoms with Gasteiger partial charge in [-0.1, -0.05) is 12.5 Å². The fourth-order valence-electron chi connectivity index (χ4n) is 2.75. The van der Waals surface area contributed by atoms with Crippen molar-refractivity contribution in [1.82, 2.24) is 9.21 Å². The minimum atomic E-state index is -3.47. The number of rotatable bonds is 3. The van der Waals surface area contributed by atoms with Gasteiger partial charge in [0.1, 0.15) is 0 Å². The first-order valence-corrected chi connectivity index (χ1v) is 8.92. The lowest BCUT2D eigenvalue weighted by atomic mass is 10.1. The minimum absolute atomic E-state index is 0.0723. The van der Waals surface area contributed by atoms with E-state index in [-0.39, 0.29) is 10.8 Å². The molecule has 2 aliphatic rings. The summed E-state index contributed by atoms with van der Waals surface area (Å²) in [5.74, 6) is -0.0723. The molecule has 2 fully saturated rings. The zero-order chi connectivity index (χ0) is 14.9. The molecule has 1 aromatic carbocycles. The smallest absolute Gasteiger partial charge is 0.253 e. The van der Waals surface area contributed by atoms with E-state index in [2.05, 4.69) is 0 Å². The molecule has 5 nitrogen and oxygen atoms in total. The fourth-order valence-corrected chi connectivity index (χ4v) is 4.31. The molecule has 0 bridgehead atoms. The molecule has 6 heteroatoms. The highest BCUT2D eigenvalue weighted by Gasteiger charge is 2.27. The summed E-state index contributed by atoms with van der Waals surface area (Å²) in [5.41, 5.74) is 0.466. The Labute approximate surface area is 125 Å². The van der Waals surface area contributed by atoms with Gasteiger partial charge in [-0.2, -0.15) is 4.31 Å². The number of hydrogen-bond donors (Lipinski definition) is 0. The molecule has 21 heavy (non-hydrogen) atoms. The first-order valence-electron chi connectivity index (χ1n) is 7.48. The highest BCUT2D eigenvalue weighted by molar-refractivity contribution is 7.89. The molecule has 0 aliphatic carbocycles. The minimum Gasteiger partial charge on any atom is -0.339 e. The molecule has 1 amide bonds. The van der Waals surface area contributed by atoms with E-state index in [0.29, 0.717) is 18.7 Å². The van der Waals surface area contributed by atoms with Crippen molar-refractivity contribution in [1.29, 1.82) is 0 Å². The van der Waals surface area contributed by atoms with Gasteiger partial charge >= 0.3 is 0 Å².